The Hall–Kier alpha value is -0.180. The van der Waals surface area contributed by atoms with Gasteiger partial charge in [0.1, 0.15) is 0 Å². The van der Waals surface area contributed by atoms with Gasteiger partial charge in [-0.15, -0.1) is 24.0 Å². The Kier molecular flexibility index (Phi) is 11.2. The zero-order valence-electron chi connectivity index (χ0n) is 15.0. The predicted octanol–water partition coefficient (Wildman–Crippen LogP) is 4.32. The molecule has 0 spiro atoms. The van der Waals surface area contributed by atoms with Crippen LogP contribution < -0.4 is 10.6 Å². The van der Waals surface area contributed by atoms with Crippen LogP contribution in [0.25, 0.3) is 0 Å². The average molecular weight is 498 g/mol. The molecular formula is C18H29ClIN3OS. The third-order valence-corrected chi connectivity index (χ3v) is 5.82. The van der Waals surface area contributed by atoms with Crippen LogP contribution in [0.2, 0.25) is 5.02 Å². The van der Waals surface area contributed by atoms with Crippen LogP contribution in [0, 0.1) is 0 Å². The Morgan fingerprint density at radius 1 is 1.20 bits per heavy atom. The van der Waals surface area contributed by atoms with Crippen LogP contribution in [0.3, 0.4) is 0 Å². The summed E-state index contributed by atoms with van der Waals surface area (Å²) in [5.41, 5.74) is 1.15. The van der Waals surface area contributed by atoms with E-state index >= 15 is 0 Å². The lowest BCUT2D eigenvalue weighted by atomic mass is 9.99. The number of guanidine groups is 1. The number of aliphatic imine (C=N–C) groups is 1. The quantitative estimate of drug-likeness (QED) is 0.335. The lowest BCUT2D eigenvalue weighted by molar-refractivity contribution is 0.0782. The standard InChI is InChI=1S/C18H28ClN3OS.HI/c1-3-20-17(21-13-15-5-7-16(19)8-6-15)22-14-18(24-4-2)9-11-23-12-10-18;/h5-8H,3-4,9-14H2,1-2H3,(H2,20,21,22);1H. The van der Waals surface area contributed by atoms with Gasteiger partial charge < -0.3 is 15.4 Å². The van der Waals surface area contributed by atoms with E-state index in [2.05, 4.69) is 24.5 Å². The minimum absolute atomic E-state index is 0. The van der Waals surface area contributed by atoms with E-state index < -0.39 is 0 Å². The number of benzene rings is 1. The van der Waals surface area contributed by atoms with Crippen molar-refractivity contribution in [2.45, 2.75) is 38.0 Å². The smallest absolute Gasteiger partial charge is 0.191 e. The lowest BCUT2D eigenvalue weighted by Gasteiger charge is -2.37. The van der Waals surface area contributed by atoms with E-state index in [0.29, 0.717) is 6.54 Å². The van der Waals surface area contributed by atoms with Crippen molar-refractivity contribution in [1.82, 2.24) is 10.6 Å². The zero-order chi connectivity index (χ0) is 17.3. The summed E-state index contributed by atoms with van der Waals surface area (Å²) < 4.78 is 5.80. The summed E-state index contributed by atoms with van der Waals surface area (Å²) in [6.07, 6.45) is 2.18. The number of rotatable bonds is 7. The second kappa shape index (κ2) is 12.3. The Morgan fingerprint density at radius 3 is 2.48 bits per heavy atom. The molecule has 0 atom stereocenters. The molecule has 0 aromatic heterocycles. The topological polar surface area (TPSA) is 45.7 Å². The van der Waals surface area contributed by atoms with Gasteiger partial charge in [-0.1, -0.05) is 30.7 Å². The van der Waals surface area contributed by atoms with Crippen LogP contribution in [0.1, 0.15) is 32.3 Å². The summed E-state index contributed by atoms with van der Waals surface area (Å²) in [7, 11) is 0. The number of hydrogen-bond acceptors (Lipinski definition) is 3. The first-order valence-electron chi connectivity index (χ1n) is 8.66. The minimum atomic E-state index is 0. The lowest BCUT2D eigenvalue weighted by Crippen LogP contribution is -2.48. The monoisotopic (exact) mass is 497 g/mol. The molecule has 1 heterocycles. The molecular weight excluding hydrogens is 469 g/mol. The normalized spacial score (nSPS) is 16.8. The van der Waals surface area contributed by atoms with E-state index in [4.69, 9.17) is 21.3 Å². The molecule has 1 aliphatic heterocycles. The predicted molar refractivity (Wildman–Crippen MR) is 121 cm³/mol. The second-order valence-corrected chi connectivity index (χ2v) is 8.07. The van der Waals surface area contributed by atoms with E-state index in [1.54, 1.807) is 0 Å². The highest BCUT2D eigenvalue weighted by Crippen LogP contribution is 2.34. The minimum Gasteiger partial charge on any atom is -0.381 e. The molecule has 1 aromatic carbocycles. The summed E-state index contributed by atoms with van der Waals surface area (Å²) in [5.74, 6) is 2.00. The van der Waals surface area contributed by atoms with Crippen molar-refractivity contribution in [3.8, 4) is 0 Å². The molecule has 0 radical (unpaired) electrons. The Labute approximate surface area is 177 Å². The number of nitrogens with zero attached hydrogens (tertiary/aromatic N) is 1. The highest BCUT2D eigenvalue weighted by Gasteiger charge is 2.32. The number of hydrogen-bond donors (Lipinski definition) is 2. The number of ether oxygens (including phenoxy) is 1. The van der Waals surface area contributed by atoms with E-state index in [1.165, 1.54) is 0 Å². The summed E-state index contributed by atoms with van der Waals surface area (Å²) in [5, 5.41) is 7.62. The van der Waals surface area contributed by atoms with E-state index in [1.807, 2.05) is 36.0 Å². The summed E-state index contributed by atoms with van der Waals surface area (Å²) in [6.45, 7) is 8.43. The molecule has 1 aromatic rings. The number of nitrogens with one attached hydrogen (secondary N) is 2. The van der Waals surface area contributed by atoms with Crippen molar-refractivity contribution in [2.24, 2.45) is 4.99 Å². The van der Waals surface area contributed by atoms with Gasteiger partial charge in [0.2, 0.25) is 0 Å². The molecule has 25 heavy (non-hydrogen) atoms. The molecule has 1 fully saturated rings. The Balaban J connectivity index is 0.00000312. The fourth-order valence-electron chi connectivity index (χ4n) is 2.77. The third kappa shape index (κ3) is 7.93. The molecule has 2 rings (SSSR count). The van der Waals surface area contributed by atoms with Crippen molar-refractivity contribution in [1.29, 1.82) is 0 Å². The van der Waals surface area contributed by atoms with Crippen molar-refractivity contribution in [2.75, 3.05) is 32.1 Å². The molecule has 4 nitrogen and oxygen atoms in total. The van der Waals surface area contributed by atoms with Gasteiger partial charge in [-0.3, -0.25) is 0 Å². The van der Waals surface area contributed by atoms with Gasteiger partial charge in [0.05, 0.1) is 6.54 Å². The van der Waals surface area contributed by atoms with Crippen molar-refractivity contribution < 1.29 is 4.74 Å². The van der Waals surface area contributed by atoms with E-state index in [0.717, 1.165) is 61.4 Å². The fourth-order valence-corrected chi connectivity index (χ4v) is 4.14. The van der Waals surface area contributed by atoms with Gasteiger partial charge in [0.15, 0.2) is 5.96 Å². The molecule has 7 heteroatoms. The highest BCUT2D eigenvalue weighted by atomic mass is 127. The first-order valence-corrected chi connectivity index (χ1v) is 10.0. The van der Waals surface area contributed by atoms with Crippen molar-refractivity contribution in [3.05, 3.63) is 34.9 Å². The second-order valence-electron chi connectivity index (χ2n) is 5.90. The van der Waals surface area contributed by atoms with Gasteiger partial charge in [0.25, 0.3) is 0 Å². The largest absolute Gasteiger partial charge is 0.381 e. The Bertz CT molecular complexity index is 516. The Morgan fingerprint density at radius 2 is 1.88 bits per heavy atom. The third-order valence-electron chi connectivity index (χ3n) is 4.11. The summed E-state index contributed by atoms with van der Waals surface area (Å²) in [6, 6.07) is 7.84. The molecule has 0 unspecified atom stereocenters. The highest BCUT2D eigenvalue weighted by molar-refractivity contribution is 14.0. The summed E-state index contributed by atoms with van der Waals surface area (Å²) in [4.78, 5) is 4.70. The summed E-state index contributed by atoms with van der Waals surface area (Å²) >= 11 is 7.97. The molecule has 0 aliphatic carbocycles. The van der Waals surface area contributed by atoms with Crippen LogP contribution in [0.5, 0.6) is 0 Å². The molecule has 1 aliphatic rings. The van der Waals surface area contributed by atoms with Gasteiger partial charge in [0, 0.05) is 36.1 Å². The van der Waals surface area contributed by atoms with Gasteiger partial charge >= 0.3 is 0 Å². The molecule has 142 valence electrons. The molecule has 0 bridgehead atoms. The van der Waals surface area contributed by atoms with Crippen LogP contribution in [-0.2, 0) is 11.3 Å². The average Bonchev–Trinajstić information content (AvgIpc) is 2.60. The van der Waals surface area contributed by atoms with Gasteiger partial charge in [-0.2, -0.15) is 11.8 Å². The first kappa shape index (κ1) is 22.9. The molecule has 0 saturated carbocycles. The maximum atomic E-state index is 5.93. The van der Waals surface area contributed by atoms with Crippen LogP contribution in [-0.4, -0.2) is 42.8 Å². The van der Waals surface area contributed by atoms with E-state index in [9.17, 15) is 0 Å². The number of halogens is 2. The van der Waals surface area contributed by atoms with Crippen LogP contribution >= 0.6 is 47.3 Å². The van der Waals surface area contributed by atoms with Gasteiger partial charge in [-0.25, -0.2) is 4.99 Å². The maximum Gasteiger partial charge on any atom is 0.191 e. The van der Waals surface area contributed by atoms with Crippen molar-refractivity contribution >= 4 is 53.3 Å². The SMILES string of the molecule is CCNC(=NCc1ccc(Cl)cc1)NCC1(SCC)CCOCC1.I. The molecule has 0 amide bonds. The maximum absolute atomic E-state index is 5.93. The van der Waals surface area contributed by atoms with E-state index in [-0.39, 0.29) is 28.7 Å². The number of thioether (sulfide) groups is 1. The van der Waals surface area contributed by atoms with Crippen LogP contribution in [0.15, 0.2) is 29.3 Å². The zero-order valence-corrected chi connectivity index (χ0v) is 18.9. The van der Waals surface area contributed by atoms with Gasteiger partial charge in [-0.05, 0) is 43.2 Å². The molecule has 1 saturated heterocycles. The fraction of sp³-hybridized carbons (Fsp3) is 0.611. The van der Waals surface area contributed by atoms with Crippen molar-refractivity contribution in [3.63, 3.8) is 0 Å². The van der Waals surface area contributed by atoms with Crippen LogP contribution in [0.4, 0.5) is 0 Å². The molecule has 2 N–H and O–H groups in total. The first-order chi connectivity index (χ1) is 11.7.